The Kier molecular flexibility index (Phi) is 18.0. The molecule has 1 aromatic heterocycles. The first-order valence-electron chi connectivity index (χ1n) is 22.8. The van der Waals surface area contributed by atoms with Crippen LogP contribution in [0.3, 0.4) is 0 Å². The lowest BCUT2D eigenvalue weighted by molar-refractivity contribution is -0.302. The third kappa shape index (κ3) is 12.1. The molecular weight excluding hydrogens is 781 g/mol. The normalized spacial score (nSPS) is 37.9. The molecular formula is C48H74N2O11. The minimum absolute atomic E-state index is 0.0370. The number of amides is 1. The number of esters is 1. The van der Waals surface area contributed by atoms with Gasteiger partial charge in [-0.25, -0.2) is 4.79 Å². The Morgan fingerprint density at radius 1 is 0.967 bits per heavy atom. The monoisotopic (exact) mass is 855 g/mol. The summed E-state index contributed by atoms with van der Waals surface area (Å²) in [6.45, 7) is 12.6. The van der Waals surface area contributed by atoms with Gasteiger partial charge in [0.1, 0.15) is 29.8 Å². The zero-order valence-corrected chi connectivity index (χ0v) is 38.2. The average Bonchev–Trinajstić information content (AvgIpc) is 3.78. The van der Waals surface area contributed by atoms with Gasteiger partial charge >= 0.3 is 5.97 Å². The molecule has 3 aliphatic heterocycles. The Morgan fingerprint density at radius 2 is 1.69 bits per heavy atom. The summed E-state index contributed by atoms with van der Waals surface area (Å²) in [5.41, 5.74) is 1.96. The first kappa shape index (κ1) is 48.8. The number of aliphatic hydroxyl groups is 1. The quantitative estimate of drug-likeness (QED) is 0.151. The highest BCUT2D eigenvalue weighted by atomic mass is 16.7. The summed E-state index contributed by atoms with van der Waals surface area (Å²) in [4.78, 5) is 58.2. The second kappa shape index (κ2) is 22.4. The van der Waals surface area contributed by atoms with Gasteiger partial charge in [-0.05, 0) is 120 Å². The molecule has 0 spiro atoms. The van der Waals surface area contributed by atoms with Crippen LogP contribution in [0.2, 0.25) is 0 Å². The van der Waals surface area contributed by atoms with E-state index >= 15 is 0 Å². The van der Waals surface area contributed by atoms with Crippen molar-refractivity contribution in [1.29, 1.82) is 0 Å². The van der Waals surface area contributed by atoms with E-state index in [0.29, 0.717) is 57.9 Å². The molecule has 1 saturated carbocycles. The number of nitrogens with zero attached hydrogens (tertiary/aromatic N) is 1. The molecule has 5 rings (SSSR count). The van der Waals surface area contributed by atoms with E-state index in [1.807, 2.05) is 39.8 Å². The van der Waals surface area contributed by atoms with Gasteiger partial charge in [0.15, 0.2) is 0 Å². The molecule has 342 valence electrons. The molecule has 3 fully saturated rings. The van der Waals surface area contributed by atoms with Crippen molar-refractivity contribution in [2.45, 2.75) is 174 Å². The second-order valence-electron chi connectivity index (χ2n) is 18.5. The summed E-state index contributed by atoms with van der Waals surface area (Å²) in [7, 11) is 4.85. The Balaban J connectivity index is 1.45. The van der Waals surface area contributed by atoms with E-state index in [1.165, 1.54) is 4.90 Å². The number of hydrogen-bond donors (Lipinski definition) is 2. The second-order valence-corrected chi connectivity index (χ2v) is 18.5. The molecule has 0 unspecified atom stereocenters. The van der Waals surface area contributed by atoms with E-state index in [1.54, 1.807) is 34.5 Å². The fourth-order valence-corrected chi connectivity index (χ4v) is 10.3. The Labute approximate surface area is 363 Å². The standard InChI is InChI=1S/C48H74N2O11/c1-10-35-23-29(2)22-30(3)24-41(57-8)44-42(58-9)26-33(6)48(55,61-44)45(52)46(53)50-20-12-11-15-38(50)47(54)60-43(31(4)16-19-39(35)51)32(5)25-34-17-18-37(40(27-34)56-7)49-28-36-14-13-21-59-36/h13-14,21,23,25,30-31,33-35,37-38,40-44,49,55H,10-12,15-20,22,24,26-28H2,1-9H3/b29-23+,32-25+/t30-,31-,33-,34-,35-,37+,38+,40+,41+,42+,43+,44-,48-/m1/s1. The van der Waals surface area contributed by atoms with Crippen molar-refractivity contribution in [3.05, 3.63) is 47.5 Å². The molecule has 2 bridgehead atoms. The number of ether oxygens (including phenoxy) is 5. The van der Waals surface area contributed by atoms with Gasteiger partial charge in [-0.2, -0.15) is 0 Å². The summed E-state index contributed by atoms with van der Waals surface area (Å²) in [6.07, 6.45) is 10.3. The first-order valence-corrected chi connectivity index (χ1v) is 22.8. The smallest absolute Gasteiger partial charge is 0.329 e. The lowest BCUT2D eigenvalue weighted by atomic mass is 9.81. The van der Waals surface area contributed by atoms with E-state index in [2.05, 4.69) is 24.4 Å². The van der Waals surface area contributed by atoms with Crippen molar-refractivity contribution in [2.24, 2.45) is 29.6 Å². The van der Waals surface area contributed by atoms with Gasteiger partial charge < -0.3 is 43.4 Å². The van der Waals surface area contributed by atoms with Gasteiger partial charge in [0.25, 0.3) is 11.7 Å². The highest BCUT2D eigenvalue weighted by molar-refractivity contribution is 6.39. The molecule has 4 heterocycles. The number of piperidine rings is 1. The topological polar surface area (TPSA) is 163 Å². The number of carbonyl (C=O) groups excluding carboxylic acids is 4. The number of rotatable bonds is 9. The van der Waals surface area contributed by atoms with Crippen LogP contribution in [0.1, 0.15) is 124 Å². The molecule has 1 aliphatic carbocycles. The third-order valence-corrected chi connectivity index (χ3v) is 13.9. The van der Waals surface area contributed by atoms with Crippen LogP contribution in [-0.2, 0) is 49.4 Å². The van der Waals surface area contributed by atoms with Crippen LogP contribution in [-0.4, -0.2) is 110 Å². The summed E-state index contributed by atoms with van der Waals surface area (Å²) in [6, 6.07) is 2.94. The third-order valence-electron chi connectivity index (χ3n) is 13.9. The molecule has 61 heavy (non-hydrogen) atoms. The molecule has 0 aromatic carbocycles. The molecule has 0 radical (unpaired) electrons. The number of cyclic esters (lactones) is 1. The highest BCUT2D eigenvalue weighted by Crippen LogP contribution is 2.39. The SMILES string of the molecule is CC[C@@H]1/C=C(\C)C[C@@H](C)C[C@H](OC)[C@H]2O[C@@](O)(C(=O)C(=O)N3CCCC[C@H]3C(=O)O[C@H](/C(C)=C/[C@H]3CC[C@H](NCc4ccco4)[C@@H](OC)C3)[C@H](C)CCC1=O)[C@H](C)C[C@@H]2OC. The van der Waals surface area contributed by atoms with Crippen molar-refractivity contribution in [2.75, 3.05) is 27.9 Å². The number of ketones is 2. The van der Waals surface area contributed by atoms with Crippen molar-refractivity contribution in [1.82, 2.24) is 10.2 Å². The van der Waals surface area contributed by atoms with E-state index in [4.69, 9.17) is 28.1 Å². The van der Waals surface area contributed by atoms with Crippen LogP contribution in [0.4, 0.5) is 0 Å². The number of furan rings is 1. The largest absolute Gasteiger partial charge is 0.468 e. The molecule has 13 heteroatoms. The van der Waals surface area contributed by atoms with E-state index in [0.717, 1.165) is 36.2 Å². The maximum absolute atomic E-state index is 14.4. The van der Waals surface area contributed by atoms with Gasteiger partial charge in [-0.15, -0.1) is 0 Å². The predicted molar refractivity (Wildman–Crippen MR) is 230 cm³/mol. The number of hydrogen-bond acceptors (Lipinski definition) is 12. The Bertz CT molecular complexity index is 1680. The molecule has 2 N–H and O–H groups in total. The van der Waals surface area contributed by atoms with Crippen LogP contribution < -0.4 is 5.32 Å². The zero-order chi connectivity index (χ0) is 44.4. The lowest BCUT2D eigenvalue weighted by Crippen LogP contribution is -2.64. The predicted octanol–water partition coefficient (Wildman–Crippen LogP) is 6.89. The van der Waals surface area contributed by atoms with Crippen molar-refractivity contribution < 1.29 is 52.4 Å². The van der Waals surface area contributed by atoms with Gasteiger partial charge in [-0.1, -0.05) is 45.4 Å². The molecule has 2 saturated heterocycles. The van der Waals surface area contributed by atoms with Gasteiger partial charge in [0, 0.05) is 52.2 Å². The Morgan fingerprint density at radius 3 is 2.36 bits per heavy atom. The number of allylic oxidation sites excluding steroid dienone is 3. The maximum atomic E-state index is 14.4. The minimum Gasteiger partial charge on any atom is -0.468 e. The molecule has 1 aromatic rings. The van der Waals surface area contributed by atoms with Crippen LogP contribution in [0.5, 0.6) is 0 Å². The molecule has 4 aliphatic rings. The highest BCUT2D eigenvalue weighted by Gasteiger charge is 2.56. The van der Waals surface area contributed by atoms with Gasteiger partial charge in [-0.3, -0.25) is 14.4 Å². The fraction of sp³-hybridized carbons (Fsp3) is 0.750. The first-order chi connectivity index (χ1) is 29.1. The van der Waals surface area contributed by atoms with Crippen LogP contribution in [0.25, 0.3) is 0 Å². The molecule has 13 nitrogen and oxygen atoms in total. The van der Waals surface area contributed by atoms with E-state index in [9.17, 15) is 24.3 Å². The summed E-state index contributed by atoms with van der Waals surface area (Å²) in [5, 5.41) is 15.7. The maximum Gasteiger partial charge on any atom is 0.329 e. The fourth-order valence-electron chi connectivity index (χ4n) is 10.3. The van der Waals surface area contributed by atoms with Crippen LogP contribution in [0.15, 0.2) is 46.1 Å². The van der Waals surface area contributed by atoms with Crippen LogP contribution in [0, 0.1) is 29.6 Å². The zero-order valence-electron chi connectivity index (χ0n) is 38.2. The molecule has 13 atom stereocenters. The number of nitrogens with one attached hydrogen (secondary N) is 1. The number of Topliss-reactive ketones (excluding diaryl/α,β-unsaturated/α-hetero) is 2. The Hall–Kier alpha value is -3.20. The van der Waals surface area contributed by atoms with Gasteiger partial charge in [0.05, 0.1) is 31.1 Å². The summed E-state index contributed by atoms with van der Waals surface area (Å²) >= 11 is 0. The summed E-state index contributed by atoms with van der Waals surface area (Å²) in [5.74, 6) is -5.17. The van der Waals surface area contributed by atoms with Crippen molar-refractivity contribution >= 4 is 23.4 Å². The number of carbonyl (C=O) groups is 4. The van der Waals surface area contributed by atoms with E-state index < -0.39 is 59.8 Å². The van der Waals surface area contributed by atoms with E-state index in [-0.39, 0.29) is 54.6 Å². The summed E-state index contributed by atoms with van der Waals surface area (Å²) < 4.78 is 36.0. The average molecular weight is 855 g/mol. The van der Waals surface area contributed by atoms with Crippen molar-refractivity contribution in [3.8, 4) is 0 Å². The number of fused-ring (bicyclic) bond motifs is 3. The number of methoxy groups -OCH3 is 3. The van der Waals surface area contributed by atoms with Gasteiger partial charge in [0.2, 0.25) is 5.79 Å². The minimum atomic E-state index is -2.46. The molecule has 1 amide bonds. The van der Waals surface area contributed by atoms with Crippen molar-refractivity contribution in [3.63, 3.8) is 0 Å². The van der Waals surface area contributed by atoms with Crippen LogP contribution >= 0.6 is 0 Å². The lowest BCUT2D eigenvalue weighted by Gasteiger charge is -2.47.